The number of nitrogens with zero attached hydrogens (tertiary/aromatic N) is 5. The van der Waals surface area contributed by atoms with Crippen molar-refractivity contribution in [3.63, 3.8) is 0 Å². The molecular weight excluding hydrogens is 568 g/mol. The van der Waals surface area contributed by atoms with E-state index in [-0.39, 0.29) is 64.8 Å². The highest BCUT2D eigenvalue weighted by Crippen LogP contribution is 2.43. The van der Waals surface area contributed by atoms with Crippen LogP contribution in [0.3, 0.4) is 0 Å². The lowest BCUT2D eigenvalue weighted by atomic mass is 10.1. The second-order valence-corrected chi connectivity index (χ2v) is 8.98. The number of methoxy groups -OCH3 is 1. The highest BCUT2D eigenvalue weighted by atomic mass is 79.9. The summed E-state index contributed by atoms with van der Waals surface area (Å²) in [7, 11) is 1.39. The molecule has 0 aromatic heterocycles. The molecule has 0 aliphatic carbocycles. The van der Waals surface area contributed by atoms with Crippen LogP contribution in [0, 0.1) is 20.2 Å². The molecule has 0 spiro atoms. The summed E-state index contributed by atoms with van der Waals surface area (Å²) in [5.41, 5.74) is -0.725. The lowest BCUT2D eigenvalue weighted by molar-refractivity contribution is -0.393. The first kappa shape index (κ1) is 30.0. The summed E-state index contributed by atoms with van der Waals surface area (Å²) in [4.78, 5) is 58.0. The number of nitro groups is 2. The van der Waals surface area contributed by atoms with Crippen molar-refractivity contribution < 1.29 is 29.0 Å². The van der Waals surface area contributed by atoms with Crippen LogP contribution in [0.2, 0.25) is 0 Å². The van der Waals surface area contributed by atoms with E-state index in [1.165, 1.54) is 40.0 Å². The zero-order valence-electron chi connectivity index (χ0n) is 21.0. The third-order valence-electron chi connectivity index (χ3n) is 5.11. The van der Waals surface area contributed by atoms with Gasteiger partial charge in [-0.1, -0.05) is 0 Å². The number of carbonyl (C=O) groups is 3. The second kappa shape index (κ2) is 13.3. The fraction of sp³-hybridized carbons (Fsp3) is 0.348. The smallest absolute Gasteiger partial charge is 0.304 e. The van der Waals surface area contributed by atoms with E-state index < -0.39 is 27.1 Å². The molecule has 0 fully saturated rings. The number of Topliss-reactive ketones (excluding diaryl/α,β-unsaturated/α-hetero) is 2. The SMILES string of the molecule is COc1cc(N=Nc2c(Br)cc([N+](=O)[O-])cc2[N+](=O)[O-])c(NC(C)=O)cc1N(CCC(C)=O)CCC(C)=O. The minimum atomic E-state index is -0.827. The minimum absolute atomic E-state index is 0.0357. The molecule has 1 N–H and O–H groups in total. The van der Waals surface area contributed by atoms with Crippen molar-refractivity contribution in [2.24, 2.45) is 10.2 Å². The molecule has 0 heterocycles. The van der Waals surface area contributed by atoms with Gasteiger partial charge in [0.2, 0.25) is 5.91 Å². The summed E-state index contributed by atoms with van der Waals surface area (Å²) in [6.07, 6.45) is 0.408. The number of nitrogens with one attached hydrogen (secondary N) is 1. The number of carbonyl (C=O) groups excluding carboxylic acids is 3. The third kappa shape index (κ3) is 8.12. The van der Waals surface area contributed by atoms with Crippen molar-refractivity contribution in [1.82, 2.24) is 0 Å². The van der Waals surface area contributed by atoms with Crippen molar-refractivity contribution >= 4 is 67.5 Å². The molecule has 0 radical (unpaired) electrons. The van der Waals surface area contributed by atoms with Gasteiger partial charge < -0.3 is 15.0 Å². The molecule has 0 unspecified atom stereocenters. The highest BCUT2D eigenvalue weighted by molar-refractivity contribution is 9.10. The predicted octanol–water partition coefficient (Wildman–Crippen LogP) is 5.41. The summed E-state index contributed by atoms with van der Waals surface area (Å²) in [6, 6.07) is 4.79. The Morgan fingerprint density at radius 3 is 2.05 bits per heavy atom. The number of halogens is 1. The van der Waals surface area contributed by atoms with Crippen LogP contribution in [0.4, 0.5) is 34.1 Å². The van der Waals surface area contributed by atoms with Crippen LogP contribution in [0.5, 0.6) is 5.75 Å². The van der Waals surface area contributed by atoms with Gasteiger partial charge in [0, 0.05) is 45.0 Å². The van der Waals surface area contributed by atoms with Crippen LogP contribution >= 0.6 is 15.9 Å². The van der Waals surface area contributed by atoms with Crippen LogP contribution in [0.25, 0.3) is 0 Å². The van der Waals surface area contributed by atoms with Gasteiger partial charge in [0.1, 0.15) is 23.0 Å². The normalized spacial score (nSPS) is 10.8. The third-order valence-corrected chi connectivity index (χ3v) is 5.71. The molecule has 1 amide bonds. The van der Waals surface area contributed by atoms with Gasteiger partial charge >= 0.3 is 5.69 Å². The van der Waals surface area contributed by atoms with E-state index in [0.717, 1.165) is 12.1 Å². The highest BCUT2D eigenvalue weighted by Gasteiger charge is 2.24. The lowest BCUT2D eigenvalue weighted by Gasteiger charge is -2.27. The molecule has 2 aromatic carbocycles. The summed E-state index contributed by atoms with van der Waals surface area (Å²) < 4.78 is 5.47. The van der Waals surface area contributed by atoms with E-state index in [4.69, 9.17) is 4.74 Å². The van der Waals surface area contributed by atoms with Crippen molar-refractivity contribution in [1.29, 1.82) is 0 Å². The molecule has 0 atom stereocenters. The number of amides is 1. The Morgan fingerprint density at radius 1 is 0.974 bits per heavy atom. The topological polar surface area (TPSA) is 187 Å². The molecule has 0 saturated carbocycles. The standard InChI is InChI=1S/C23H25BrN6O8/c1-13(31)5-7-28(8-6-14(2)32)20-11-18(25-15(3)33)19(12-22(20)38-4)26-27-23-17(24)9-16(29(34)35)10-21(23)30(36)37/h9-12H,5-8H2,1-4H3,(H,25,33). The van der Waals surface area contributed by atoms with Crippen LogP contribution in [0.15, 0.2) is 39.0 Å². The number of hydrogen-bond donors (Lipinski definition) is 1. The molecule has 2 rings (SSSR count). The monoisotopic (exact) mass is 592 g/mol. The van der Waals surface area contributed by atoms with E-state index in [1.807, 2.05) is 0 Å². The average Bonchev–Trinajstić information content (AvgIpc) is 2.82. The second-order valence-electron chi connectivity index (χ2n) is 8.12. The maximum Gasteiger partial charge on any atom is 0.304 e. The van der Waals surface area contributed by atoms with Gasteiger partial charge in [-0.15, -0.1) is 10.2 Å². The predicted molar refractivity (Wildman–Crippen MR) is 142 cm³/mol. The molecule has 38 heavy (non-hydrogen) atoms. The molecule has 0 aliphatic rings. The molecule has 2 aromatic rings. The number of ether oxygens (including phenoxy) is 1. The Bertz CT molecular complexity index is 1300. The largest absolute Gasteiger partial charge is 0.494 e. The Morgan fingerprint density at radius 2 is 1.58 bits per heavy atom. The van der Waals surface area contributed by atoms with E-state index >= 15 is 0 Å². The summed E-state index contributed by atoms with van der Waals surface area (Å²) in [5.74, 6) is -0.282. The van der Waals surface area contributed by atoms with Crippen molar-refractivity contribution in [2.75, 3.05) is 30.4 Å². The lowest BCUT2D eigenvalue weighted by Crippen LogP contribution is -2.28. The van der Waals surface area contributed by atoms with Crippen LogP contribution in [0.1, 0.15) is 33.6 Å². The maximum atomic E-state index is 11.9. The zero-order valence-corrected chi connectivity index (χ0v) is 22.6. The van der Waals surface area contributed by atoms with E-state index in [0.29, 0.717) is 5.69 Å². The van der Waals surface area contributed by atoms with Gasteiger partial charge in [-0.2, -0.15) is 0 Å². The number of non-ortho nitro benzene ring substituents is 1. The average molecular weight is 593 g/mol. The minimum Gasteiger partial charge on any atom is -0.494 e. The fourth-order valence-corrected chi connectivity index (χ4v) is 3.81. The molecule has 202 valence electrons. The Labute approximate surface area is 225 Å². The number of benzene rings is 2. The number of rotatable bonds is 13. The van der Waals surface area contributed by atoms with Crippen LogP contribution in [-0.2, 0) is 14.4 Å². The van der Waals surface area contributed by atoms with Gasteiger partial charge in [0.25, 0.3) is 5.69 Å². The molecule has 0 saturated heterocycles. The van der Waals surface area contributed by atoms with E-state index in [1.54, 1.807) is 4.90 Å². The molecule has 0 aliphatic heterocycles. The quantitative estimate of drug-likeness (QED) is 0.180. The summed E-state index contributed by atoms with van der Waals surface area (Å²) in [5, 5.41) is 33.3. The van der Waals surface area contributed by atoms with E-state index in [2.05, 4.69) is 31.5 Å². The van der Waals surface area contributed by atoms with Gasteiger partial charge in [0.15, 0.2) is 5.69 Å². The molecular formula is C23H25BrN6O8. The van der Waals surface area contributed by atoms with Gasteiger partial charge in [-0.25, -0.2) is 0 Å². The van der Waals surface area contributed by atoms with E-state index in [9.17, 15) is 34.6 Å². The van der Waals surface area contributed by atoms with Crippen molar-refractivity contribution in [3.05, 3.63) is 49.0 Å². The number of hydrogen-bond acceptors (Lipinski definition) is 11. The first-order valence-corrected chi connectivity index (χ1v) is 11.9. The number of nitro benzene ring substituents is 2. The number of ketones is 2. The van der Waals surface area contributed by atoms with Gasteiger partial charge in [0.05, 0.1) is 38.9 Å². The maximum absolute atomic E-state index is 11.9. The van der Waals surface area contributed by atoms with Gasteiger partial charge in [-0.05, 0) is 35.8 Å². The zero-order chi connectivity index (χ0) is 28.6. The summed E-state index contributed by atoms with van der Waals surface area (Å²) in [6.45, 7) is 4.72. The van der Waals surface area contributed by atoms with Crippen LogP contribution in [-0.4, -0.2) is 47.5 Å². The molecule has 15 heteroatoms. The number of anilines is 2. The molecule has 0 bridgehead atoms. The Balaban J connectivity index is 2.66. The first-order valence-electron chi connectivity index (χ1n) is 11.1. The Hall–Kier alpha value is -4.27. The summed E-state index contributed by atoms with van der Waals surface area (Å²) >= 11 is 3.06. The Kier molecular flexibility index (Phi) is 10.5. The van der Waals surface area contributed by atoms with Crippen molar-refractivity contribution in [2.45, 2.75) is 33.6 Å². The van der Waals surface area contributed by atoms with Crippen LogP contribution < -0.4 is 15.0 Å². The molecule has 14 nitrogen and oxygen atoms in total. The van der Waals surface area contributed by atoms with Gasteiger partial charge in [-0.3, -0.25) is 34.6 Å². The first-order chi connectivity index (χ1) is 17.8. The fourth-order valence-electron chi connectivity index (χ4n) is 3.30. The number of azo groups is 1. The van der Waals surface area contributed by atoms with Crippen molar-refractivity contribution in [3.8, 4) is 5.75 Å².